The predicted octanol–water partition coefficient (Wildman–Crippen LogP) is 2.57. The monoisotopic (exact) mass is 334 g/mol. The Morgan fingerprint density at radius 3 is 2.21 bits per heavy atom. The van der Waals surface area contributed by atoms with E-state index >= 15 is 0 Å². The van der Waals surface area contributed by atoms with Crippen molar-refractivity contribution in [3.8, 4) is 17.2 Å². The average Bonchev–Trinajstić information content (AvgIpc) is 2.92. The fourth-order valence-electron chi connectivity index (χ4n) is 3.93. The molecule has 1 amide bonds. The van der Waals surface area contributed by atoms with Gasteiger partial charge in [0, 0.05) is 30.6 Å². The molecule has 0 aromatic heterocycles. The molecule has 2 aliphatic heterocycles. The van der Waals surface area contributed by atoms with Crippen LogP contribution in [0.2, 0.25) is 0 Å². The van der Waals surface area contributed by atoms with Crippen molar-refractivity contribution in [3.05, 3.63) is 12.1 Å². The number of fused-ring (bicyclic) bond motifs is 2. The zero-order valence-electron chi connectivity index (χ0n) is 14.6. The Labute approximate surface area is 142 Å². The summed E-state index contributed by atoms with van der Waals surface area (Å²) in [7, 11) is 4.71. The summed E-state index contributed by atoms with van der Waals surface area (Å²) >= 11 is 0. The number of nitrogens with one attached hydrogen (secondary N) is 2. The molecule has 0 saturated carbocycles. The lowest BCUT2D eigenvalue weighted by Gasteiger charge is -2.28. The quantitative estimate of drug-likeness (QED) is 0.837. The number of carbonyl (C=O) groups is 1. The van der Waals surface area contributed by atoms with Gasteiger partial charge in [-0.05, 0) is 31.6 Å². The van der Waals surface area contributed by atoms with Gasteiger partial charge in [0.05, 0.1) is 27.0 Å². The Kier molecular flexibility index (Phi) is 5.14. The molecular weight excluding hydrogens is 308 g/mol. The van der Waals surface area contributed by atoms with Crippen molar-refractivity contribution in [2.75, 3.05) is 26.6 Å². The highest BCUT2D eigenvalue weighted by molar-refractivity contribution is 5.93. The van der Waals surface area contributed by atoms with E-state index in [1.165, 1.54) is 12.8 Å². The molecule has 0 radical (unpaired) electrons. The standard InChI is InChI=1S/C18H26N2O4/c1-22-15-10-17(24-3)16(23-2)9-14(15)20-18(21)8-11-6-12-4-5-13(7-11)19-12/h9-13,19H,4-8H2,1-3H3,(H,20,21). The van der Waals surface area contributed by atoms with E-state index in [1.807, 2.05) is 0 Å². The van der Waals surface area contributed by atoms with E-state index in [-0.39, 0.29) is 5.91 Å². The predicted molar refractivity (Wildman–Crippen MR) is 92.0 cm³/mol. The molecule has 24 heavy (non-hydrogen) atoms. The van der Waals surface area contributed by atoms with Crippen LogP contribution >= 0.6 is 0 Å². The largest absolute Gasteiger partial charge is 0.494 e. The summed E-state index contributed by atoms with van der Waals surface area (Å²) in [6.45, 7) is 0. The van der Waals surface area contributed by atoms with E-state index in [0.29, 0.717) is 47.4 Å². The van der Waals surface area contributed by atoms with E-state index in [1.54, 1.807) is 33.5 Å². The molecule has 0 spiro atoms. The number of ether oxygens (including phenoxy) is 3. The average molecular weight is 334 g/mol. The van der Waals surface area contributed by atoms with Crippen LogP contribution in [-0.2, 0) is 4.79 Å². The van der Waals surface area contributed by atoms with E-state index < -0.39 is 0 Å². The minimum Gasteiger partial charge on any atom is -0.494 e. The number of amides is 1. The molecule has 2 bridgehead atoms. The summed E-state index contributed by atoms with van der Waals surface area (Å²) in [6, 6.07) is 4.65. The molecule has 2 atom stereocenters. The van der Waals surface area contributed by atoms with Crippen LogP contribution in [0.4, 0.5) is 5.69 Å². The van der Waals surface area contributed by atoms with Crippen LogP contribution in [0.25, 0.3) is 0 Å². The van der Waals surface area contributed by atoms with E-state index in [9.17, 15) is 4.79 Å². The molecule has 2 heterocycles. The van der Waals surface area contributed by atoms with Gasteiger partial charge in [-0.25, -0.2) is 0 Å². The van der Waals surface area contributed by atoms with Crippen molar-refractivity contribution in [1.82, 2.24) is 5.32 Å². The summed E-state index contributed by atoms with van der Waals surface area (Å²) in [5.74, 6) is 2.17. The van der Waals surface area contributed by atoms with Crippen LogP contribution in [0.1, 0.15) is 32.1 Å². The number of methoxy groups -OCH3 is 3. The molecule has 6 heteroatoms. The van der Waals surface area contributed by atoms with E-state index in [4.69, 9.17) is 14.2 Å². The van der Waals surface area contributed by atoms with Gasteiger partial charge < -0.3 is 24.8 Å². The van der Waals surface area contributed by atoms with Gasteiger partial charge in [-0.2, -0.15) is 0 Å². The lowest BCUT2D eigenvalue weighted by atomic mass is 9.89. The fourth-order valence-corrected chi connectivity index (χ4v) is 3.93. The first-order chi connectivity index (χ1) is 11.6. The lowest BCUT2D eigenvalue weighted by molar-refractivity contribution is -0.117. The first kappa shape index (κ1) is 16.9. The molecule has 6 nitrogen and oxygen atoms in total. The molecule has 2 N–H and O–H groups in total. The first-order valence-corrected chi connectivity index (χ1v) is 8.48. The number of anilines is 1. The number of hydrogen-bond donors (Lipinski definition) is 2. The summed E-state index contributed by atoms with van der Waals surface area (Å²) in [4.78, 5) is 12.5. The number of rotatable bonds is 6. The molecular formula is C18H26N2O4. The van der Waals surface area contributed by atoms with Gasteiger partial charge in [-0.3, -0.25) is 4.79 Å². The zero-order valence-corrected chi connectivity index (χ0v) is 14.6. The second kappa shape index (κ2) is 7.30. The van der Waals surface area contributed by atoms with Crippen molar-refractivity contribution in [2.24, 2.45) is 5.92 Å². The molecule has 2 aliphatic rings. The lowest BCUT2D eigenvalue weighted by Crippen LogP contribution is -2.39. The summed E-state index contributed by atoms with van der Waals surface area (Å²) in [5.41, 5.74) is 0.608. The molecule has 3 rings (SSSR count). The Morgan fingerprint density at radius 2 is 1.62 bits per heavy atom. The number of benzene rings is 1. The van der Waals surface area contributed by atoms with Crippen molar-refractivity contribution in [3.63, 3.8) is 0 Å². The summed E-state index contributed by atoms with van der Waals surface area (Å²) < 4.78 is 15.9. The van der Waals surface area contributed by atoms with Crippen LogP contribution < -0.4 is 24.8 Å². The highest BCUT2D eigenvalue weighted by Gasteiger charge is 2.34. The first-order valence-electron chi connectivity index (χ1n) is 8.48. The summed E-state index contributed by atoms with van der Waals surface area (Å²) in [6.07, 6.45) is 5.21. The number of carbonyl (C=O) groups excluding carboxylic acids is 1. The van der Waals surface area contributed by atoms with Crippen LogP contribution in [-0.4, -0.2) is 39.3 Å². The van der Waals surface area contributed by atoms with Crippen molar-refractivity contribution in [1.29, 1.82) is 0 Å². The summed E-state index contributed by atoms with van der Waals surface area (Å²) in [5, 5.41) is 6.57. The third-order valence-corrected chi connectivity index (χ3v) is 5.02. The maximum absolute atomic E-state index is 12.5. The van der Waals surface area contributed by atoms with Gasteiger partial charge >= 0.3 is 0 Å². The Bertz CT molecular complexity index is 593. The van der Waals surface area contributed by atoms with Gasteiger partial charge in [-0.15, -0.1) is 0 Å². The number of piperidine rings is 1. The third kappa shape index (κ3) is 3.59. The van der Waals surface area contributed by atoms with Crippen LogP contribution in [0.15, 0.2) is 12.1 Å². The molecule has 132 valence electrons. The molecule has 0 aliphatic carbocycles. The Balaban J connectivity index is 1.67. The minimum absolute atomic E-state index is 0.0202. The fraction of sp³-hybridized carbons (Fsp3) is 0.611. The highest BCUT2D eigenvalue weighted by atomic mass is 16.5. The molecule has 2 saturated heterocycles. The van der Waals surface area contributed by atoms with Crippen molar-refractivity contribution in [2.45, 2.75) is 44.2 Å². The zero-order chi connectivity index (χ0) is 17.1. The van der Waals surface area contributed by atoms with Gasteiger partial charge in [0.1, 0.15) is 5.75 Å². The maximum Gasteiger partial charge on any atom is 0.224 e. The number of hydrogen-bond acceptors (Lipinski definition) is 5. The minimum atomic E-state index is 0.0202. The van der Waals surface area contributed by atoms with Gasteiger partial charge in [-0.1, -0.05) is 0 Å². The second-order valence-corrected chi connectivity index (χ2v) is 6.64. The molecule has 1 aromatic rings. The molecule has 1 aromatic carbocycles. The van der Waals surface area contributed by atoms with Crippen LogP contribution in [0, 0.1) is 5.92 Å². The Morgan fingerprint density at radius 1 is 1.04 bits per heavy atom. The smallest absolute Gasteiger partial charge is 0.224 e. The van der Waals surface area contributed by atoms with Crippen molar-refractivity contribution >= 4 is 11.6 Å². The highest BCUT2D eigenvalue weighted by Crippen LogP contribution is 2.38. The molecule has 2 unspecified atom stereocenters. The second-order valence-electron chi connectivity index (χ2n) is 6.64. The van der Waals surface area contributed by atoms with Gasteiger partial charge in [0.15, 0.2) is 11.5 Å². The van der Waals surface area contributed by atoms with Crippen LogP contribution in [0.5, 0.6) is 17.2 Å². The third-order valence-electron chi connectivity index (χ3n) is 5.02. The molecule has 2 fully saturated rings. The van der Waals surface area contributed by atoms with Gasteiger partial charge in [0.25, 0.3) is 0 Å². The topological polar surface area (TPSA) is 68.8 Å². The Hall–Kier alpha value is -1.95. The maximum atomic E-state index is 12.5. The van der Waals surface area contributed by atoms with Crippen LogP contribution in [0.3, 0.4) is 0 Å². The van der Waals surface area contributed by atoms with Crippen molar-refractivity contribution < 1.29 is 19.0 Å². The van der Waals surface area contributed by atoms with E-state index in [0.717, 1.165) is 12.8 Å². The normalized spacial score (nSPS) is 25.2. The van der Waals surface area contributed by atoms with Gasteiger partial charge in [0.2, 0.25) is 5.91 Å². The van der Waals surface area contributed by atoms with E-state index in [2.05, 4.69) is 10.6 Å². The SMILES string of the molecule is COc1cc(OC)c(OC)cc1NC(=O)CC1CC2CCC(C1)N2.